The molecule has 1 saturated heterocycles. The van der Waals surface area contributed by atoms with Crippen LogP contribution in [0, 0.1) is 0 Å². The maximum Gasteiger partial charge on any atom is 0.573 e. The third-order valence-electron chi connectivity index (χ3n) is 18.5. The number of aryl methyl sites for hydroxylation is 4. The van der Waals surface area contributed by atoms with Crippen molar-refractivity contribution in [1.82, 2.24) is 82.0 Å². The zero-order valence-corrected chi connectivity index (χ0v) is 68.8. The number of halogens is 7. The Balaban J connectivity index is 0.000000159. The maximum atomic E-state index is 13.0. The fourth-order valence-electron chi connectivity index (χ4n) is 11.9. The fraction of sp³-hybridized carbons (Fsp3) is 0.231. The van der Waals surface area contributed by atoms with Gasteiger partial charge in [-0.2, -0.15) is 19.9 Å². The Bertz CT molecular complexity index is 6560. The first-order valence-corrected chi connectivity index (χ1v) is 37.0. The van der Waals surface area contributed by atoms with E-state index in [0.717, 1.165) is 5.46 Å². The van der Waals surface area contributed by atoms with Crippen molar-refractivity contribution in [2.75, 3.05) is 37.2 Å². The van der Waals surface area contributed by atoms with E-state index in [4.69, 9.17) is 47.8 Å². The highest BCUT2D eigenvalue weighted by atomic mass is 79.9. The molecule has 0 spiro atoms. The minimum atomic E-state index is -4.87. The number of hydrogen-bond donors (Lipinski definition) is 7. The highest BCUT2D eigenvalue weighted by molar-refractivity contribution is 9.10. The number of carboxylic acids is 1. The summed E-state index contributed by atoms with van der Waals surface area (Å²) in [6, 6.07) is 29.4. The summed E-state index contributed by atoms with van der Waals surface area (Å²) < 4.78 is 115. The van der Waals surface area contributed by atoms with Gasteiger partial charge in [0, 0.05) is 112 Å². The maximum absolute atomic E-state index is 13.0. The number of pyridine rings is 8. The molecule has 45 heteroatoms. The number of amides is 1. The van der Waals surface area contributed by atoms with E-state index < -0.39 is 61.5 Å². The summed E-state index contributed by atoms with van der Waals surface area (Å²) >= 11 is 3.05. The highest BCUT2D eigenvalue weighted by Crippen LogP contribution is 2.37. The van der Waals surface area contributed by atoms with E-state index in [-0.39, 0.29) is 90.8 Å². The summed E-state index contributed by atoms with van der Waals surface area (Å²) in [5.41, 5.74) is 32.8. The molecule has 12 aromatic heterocycles. The SMILES string of the molecule is CC(N)c1ccccc1OC(F)(F)F.CC(NC(=O)c1cc(-c2ccn3nc(N)nc3c2)c(=O)n(C)c1)c1ccccc1OC(F)(F)F.CC1(C)OB(c2ccn3nc(N)nc3c2)OC1(C)C.COC(=O)c1cc(-c2ccn3nc(N)nc3c2)c(=O)n(C)c1.COC(=O)c1cc(Br)c(=O)n(C)c1.Cn1cc(C(=O)O)cc(-c2ccn3nc(N)nc3c2)c1=O. The third kappa shape index (κ3) is 22.1. The van der Waals surface area contributed by atoms with Crippen molar-refractivity contribution in [3.63, 3.8) is 0 Å². The van der Waals surface area contributed by atoms with Gasteiger partial charge in [0.15, 0.2) is 22.6 Å². The molecular formula is C78H78BBrF6N22O15. The average Bonchev–Trinajstić information content (AvgIpc) is 1.53. The molecular weight excluding hydrogens is 1690 g/mol. The summed E-state index contributed by atoms with van der Waals surface area (Å²) in [6.07, 6.45) is 2.59. The van der Waals surface area contributed by atoms with Crippen LogP contribution in [0.2, 0.25) is 0 Å². The van der Waals surface area contributed by atoms with Gasteiger partial charge in [0.05, 0.1) is 58.2 Å². The number of fused-ring (bicyclic) bond motifs is 4. The molecule has 12 N–H and O–H groups in total. The van der Waals surface area contributed by atoms with Gasteiger partial charge in [-0.3, -0.25) is 24.0 Å². The molecule has 14 aromatic rings. The standard InChI is InChI=1S/C22H19F3N6O3.C14H13N5O3.C13H11N5O3.C12H17BN4O2.C9H10F3NO.C8H8BrNO3/c1-12(15-5-3-4-6-17(15)34-22(23,24)25)27-19(32)14-9-16(20(33)30(2)11-14)13-7-8-31-18(10-13)28-21(26)29-31;1-18-7-9(13(21)22-2)5-10(12(18)20)8-3-4-19-11(6-8)16-14(15)17-19;1-17-6-8(12(20)21)4-9(11(17)19)7-2-3-18-10(5-7)15-13(14)16-18;1-11(2)12(3,4)19-13(18-11)8-5-6-17-9(7-8)15-10(14)16-17;1-6(13)7-4-2-3-5-8(7)14-9(10,11)12;1-10-4-5(8(12)13-2)3-6(9)7(10)11/h3-12H,1-2H3,(H2,26,29)(H,27,32);3-7H,1-2H3,(H2,15,17);2-6H,1H3,(H2,14,16)(H,20,21);5-7H,1-4H3,(H2,14,16);2-6H,13H2,1H3;3-4H,1-2H3. The molecule has 2 atom stereocenters. The van der Waals surface area contributed by atoms with Gasteiger partial charge >= 0.3 is 37.8 Å². The number of aromatic carboxylic acids is 1. The highest BCUT2D eigenvalue weighted by Gasteiger charge is 2.52. The number of esters is 2. The Hall–Kier alpha value is -14.6. The van der Waals surface area contributed by atoms with E-state index in [9.17, 15) is 64.7 Å². The summed E-state index contributed by atoms with van der Waals surface area (Å²) in [7, 11) is 8.33. The number of nitrogens with two attached hydrogens (primary N) is 5. The Morgan fingerprint density at radius 3 is 1.20 bits per heavy atom. The molecule has 642 valence electrons. The molecule has 1 aliphatic heterocycles. The number of carboxylic acid groups (broad SMARTS) is 1. The van der Waals surface area contributed by atoms with Gasteiger partial charge in [0.25, 0.3) is 28.1 Å². The van der Waals surface area contributed by atoms with Crippen molar-refractivity contribution in [2.24, 2.45) is 33.9 Å². The number of carbonyl (C=O) groups is 4. The number of methoxy groups -OCH3 is 2. The largest absolute Gasteiger partial charge is 0.573 e. The molecule has 2 unspecified atom stereocenters. The van der Waals surface area contributed by atoms with Gasteiger partial charge in [-0.05, 0) is 165 Å². The molecule has 0 aliphatic carbocycles. The Morgan fingerprint density at radius 1 is 0.488 bits per heavy atom. The van der Waals surface area contributed by atoms with E-state index in [0.29, 0.717) is 66.0 Å². The van der Waals surface area contributed by atoms with Crippen molar-refractivity contribution < 1.29 is 78.9 Å². The zero-order valence-electron chi connectivity index (χ0n) is 67.2. The van der Waals surface area contributed by atoms with Crippen LogP contribution in [0.4, 0.5) is 50.1 Å². The van der Waals surface area contributed by atoms with Gasteiger partial charge in [0.1, 0.15) is 11.5 Å². The summed E-state index contributed by atoms with van der Waals surface area (Å²) in [5, 5.41) is 27.7. The molecule has 123 heavy (non-hydrogen) atoms. The fourth-order valence-corrected chi connectivity index (χ4v) is 12.4. The number of rotatable bonds is 13. The molecule has 2 aromatic carbocycles. The lowest BCUT2D eigenvalue weighted by molar-refractivity contribution is -0.276. The number of nitrogens with zero attached hydrogens (tertiary/aromatic N) is 16. The molecule has 1 amide bonds. The number of alkyl halides is 6. The van der Waals surface area contributed by atoms with Gasteiger partial charge in [-0.15, -0.1) is 46.7 Å². The number of anilines is 4. The number of carbonyl (C=O) groups excluding carboxylic acids is 3. The number of nitrogens with one attached hydrogen (secondary N) is 1. The molecule has 1 fully saturated rings. The van der Waals surface area contributed by atoms with Gasteiger partial charge < -0.3 is 85.6 Å². The van der Waals surface area contributed by atoms with Crippen molar-refractivity contribution in [3.05, 3.63) is 250 Å². The van der Waals surface area contributed by atoms with Crippen LogP contribution >= 0.6 is 15.9 Å². The lowest BCUT2D eigenvalue weighted by Crippen LogP contribution is -2.41. The van der Waals surface area contributed by atoms with Gasteiger partial charge in [0.2, 0.25) is 23.8 Å². The number of nitrogen functional groups attached to an aromatic ring is 4. The Labute approximate surface area is 700 Å². The number of benzene rings is 2. The molecule has 13 heterocycles. The van der Waals surface area contributed by atoms with E-state index in [1.54, 1.807) is 98.9 Å². The lowest BCUT2D eigenvalue weighted by atomic mass is 9.80. The van der Waals surface area contributed by atoms with E-state index >= 15 is 0 Å². The predicted octanol–water partition coefficient (Wildman–Crippen LogP) is 8.06. The van der Waals surface area contributed by atoms with Crippen LogP contribution in [-0.2, 0) is 47.0 Å². The number of aromatic nitrogens is 16. The molecule has 37 nitrogen and oxygen atoms in total. The molecule has 1 aliphatic rings. The second kappa shape index (κ2) is 37.0. The Kier molecular flexibility index (Phi) is 27.3. The van der Waals surface area contributed by atoms with Crippen LogP contribution in [0.25, 0.3) is 56.0 Å². The third-order valence-corrected chi connectivity index (χ3v) is 19.1. The normalized spacial score (nSPS) is 13.1. The first-order chi connectivity index (χ1) is 57.7. The lowest BCUT2D eigenvalue weighted by Gasteiger charge is -2.32. The van der Waals surface area contributed by atoms with Crippen molar-refractivity contribution >= 4 is 98.7 Å². The van der Waals surface area contributed by atoms with E-state index in [2.05, 4.69) is 75.8 Å². The minimum absolute atomic E-state index is 0.0351. The smallest absolute Gasteiger partial charge is 0.478 e. The molecule has 0 bridgehead atoms. The topological polar surface area (TPSA) is 495 Å². The number of hydrogen-bond acceptors (Lipinski definition) is 27. The van der Waals surface area contributed by atoms with E-state index in [1.165, 1.54) is 153 Å². The number of ether oxygens (including phenoxy) is 4. The summed E-state index contributed by atoms with van der Waals surface area (Å²) in [6.45, 7) is 11.2. The second-order valence-electron chi connectivity index (χ2n) is 28.0. The first kappa shape index (κ1) is 90.7. The van der Waals surface area contributed by atoms with Crippen LogP contribution in [0.3, 0.4) is 0 Å². The van der Waals surface area contributed by atoms with Crippen LogP contribution < -0.4 is 71.2 Å². The second-order valence-corrected chi connectivity index (χ2v) is 28.9. The predicted molar refractivity (Wildman–Crippen MR) is 441 cm³/mol. The minimum Gasteiger partial charge on any atom is -0.478 e. The van der Waals surface area contributed by atoms with Crippen molar-refractivity contribution in [2.45, 2.75) is 77.6 Å². The Morgan fingerprint density at radius 2 is 0.821 bits per heavy atom. The van der Waals surface area contributed by atoms with Crippen LogP contribution in [0.1, 0.15) is 106 Å². The van der Waals surface area contributed by atoms with Crippen LogP contribution in [-0.4, -0.2) is 151 Å². The average molecular weight is 1770 g/mol. The quantitative estimate of drug-likeness (QED) is 0.0326. The van der Waals surface area contributed by atoms with Crippen molar-refractivity contribution in [1.29, 1.82) is 0 Å². The molecule has 15 rings (SSSR count). The van der Waals surface area contributed by atoms with Crippen LogP contribution in [0.5, 0.6) is 11.5 Å². The summed E-state index contributed by atoms with van der Waals surface area (Å²) in [4.78, 5) is 112. The van der Waals surface area contributed by atoms with Gasteiger partial charge in [-0.1, -0.05) is 36.4 Å². The first-order valence-electron chi connectivity index (χ1n) is 36.2. The van der Waals surface area contributed by atoms with Crippen LogP contribution in [0.15, 0.2) is 195 Å². The molecule has 0 saturated carbocycles. The van der Waals surface area contributed by atoms with E-state index in [1.807, 2.05) is 39.8 Å². The summed E-state index contributed by atoms with van der Waals surface area (Å²) in [5.74, 6) is -2.71. The molecule has 0 radical (unpaired) electrons. The number of para-hydroxylation sites is 2. The zero-order chi connectivity index (χ0) is 90.2. The van der Waals surface area contributed by atoms with Gasteiger partial charge in [-0.25, -0.2) is 32.4 Å². The van der Waals surface area contributed by atoms with Crippen molar-refractivity contribution in [3.8, 4) is 44.9 Å². The monoisotopic (exact) mass is 1770 g/mol.